The molecule has 0 spiro atoms. The maximum atomic E-state index is 14.6. The van der Waals surface area contributed by atoms with E-state index in [1.54, 1.807) is 0 Å². The number of nitrogens with zero attached hydrogens (tertiary/aromatic N) is 3. The summed E-state index contributed by atoms with van der Waals surface area (Å²) in [4.78, 5) is 14.6. The Hall–Kier alpha value is -8.21. The van der Waals surface area contributed by atoms with Crippen LogP contribution in [-0.2, 0) is 0 Å². The molecule has 3 aromatic heterocycles. The molecule has 0 aliphatic carbocycles. The summed E-state index contributed by atoms with van der Waals surface area (Å²) in [7, 11) is 0. The molecule has 0 atom stereocenters. The molecule has 0 bridgehead atoms. The summed E-state index contributed by atoms with van der Waals surface area (Å²) in [5, 5.41) is 12.6. The van der Waals surface area contributed by atoms with Crippen LogP contribution in [0.3, 0.4) is 0 Å². The number of para-hydroxylation sites is 3. The fourth-order valence-corrected chi connectivity index (χ4v) is 10.2. The summed E-state index contributed by atoms with van der Waals surface area (Å²) in [5.74, 6) is 0. The average molecular weight is 778 g/mol. The smallest absolute Gasteiger partial charge is 0.263 e. The molecule has 4 heteroatoms. The second kappa shape index (κ2) is 12.9. The Balaban J connectivity index is 1.06. The van der Waals surface area contributed by atoms with Crippen LogP contribution in [0.15, 0.2) is 217 Å². The minimum absolute atomic E-state index is 0.0316. The maximum absolute atomic E-state index is 14.6. The molecule has 13 aromatic rings. The lowest BCUT2D eigenvalue weighted by Gasteiger charge is -2.14. The van der Waals surface area contributed by atoms with Gasteiger partial charge in [0.05, 0.1) is 27.6 Å². The molecule has 0 N–H and O–H groups in total. The van der Waals surface area contributed by atoms with Gasteiger partial charge in [-0.25, -0.2) is 0 Å². The van der Waals surface area contributed by atoms with E-state index in [4.69, 9.17) is 0 Å². The van der Waals surface area contributed by atoms with Crippen LogP contribution in [-0.4, -0.2) is 13.7 Å². The second-order valence-corrected chi connectivity index (χ2v) is 16.0. The monoisotopic (exact) mass is 777 g/mol. The summed E-state index contributed by atoms with van der Waals surface area (Å²) < 4.78 is 6.65. The van der Waals surface area contributed by atoms with Gasteiger partial charge in [-0.2, -0.15) is 0 Å². The SMILES string of the molecule is O=c1c2ccccc2c2c(c3cc(-c4ccc5c(c4)c4ccccc4n5-c4ccc5c6ccccc6c6ccccc6c5c4)ccc3n2-c2ccccc2)n1-c1ccccc1. The summed E-state index contributed by atoms with van der Waals surface area (Å²) in [6.07, 6.45) is 0. The fourth-order valence-electron chi connectivity index (χ4n) is 10.2. The van der Waals surface area contributed by atoms with Gasteiger partial charge < -0.3 is 9.13 Å². The van der Waals surface area contributed by atoms with Crippen molar-refractivity contribution < 1.29 is 0 Å². The molecule has 0 amide bonds. The average Bonchev–Trinajstić information content (AvgIpc) is 3.85. The first-order valence-corrected chi connectivity index (χ1v) is 20.8. The molecule has 0 saturated heterocycles. The minimum atomic E-state index is -0.0316. The molecule has 0 aliphatic rings. The lowest BCUT2D eigenvalue weighted by atomic mass is 9.94. The van der Waals surface area contributed by atoms with E-state index in [1.807, 2.05) is 59.2 Å². The van der Waals surface area contributed by atoms with Gasteiger partial charge in [0.25, 0.3) is 5.56 Å². The number of pyridine rings is 1. The molecule has 4 nitrogen and oxygen atoms in total. The van der Waals surface area contributed by atoms with Crippen LogP contribution >= 0.6 is 0 Å². The Morgan fingerprint density at radius 3 is 1.33 bits per heavy atom. The molecule has 284 valence electrons. The molecule has 3 heterocycles. The Morgan fingerprint density at radius 1 is 0.246 bits per heavy atom. The van der Waals surface area contributed by atoms with Crippen molar-refractivity contribution >= 4 is 86.8 Å². The summed E-state index contributed by atoms with van der Waals surface area (Å²) in [5.41, 5.74) is 10.4. The number of aromatic nitrogens is 3. The molecule has 13 rings (SSSR count). The number of hydrogen-bond acceptors (Lipinski definition) is 1. The highest BCUT2D eigenvalue weighted by Gasteiger charge is 2.23. The third-order valence-corrected chi connectivity index (χ3v) is 12.8. The number of rotatable bonds is 4. The maximum Gasteiger partial charge on any atom is 0.263 e. The van der Waals surface area contributed by atoms with Gasteiger partial charge >= 0.3 is 0 Å². The van der Waals surface area contributed by atoms with Gasteiger partial charge in [-0.15, -0.1) is 0 Å². The fraction of sp³-hybridized carbons (Fsp3) is 0. The Labute approximate surface area is 350 Å². The first-order valence-electron chi connectivity index (χ1n) is 20.8. The quantitative estimate of drug-likeness (QED) is 0.164. The third-order valence-electron chi connectivity index (χ3n) is 12.8. The summed E-state index contributed by atoms with van der Waals surface area (Å²) in [6.45, 7) is 0. The van der Waals surface area contributed by atoms with Crippen LogP contribution in [0.2, 0.25) is 0 Å². The van der Waals surface area contributed by atoms with Crippen LogP contribution in [0, 0.1) is 0 Å². The molecular weight excluding hydrogens is 743 g/mol. The highest BCUT2D eigenvalue weighted by Crippen LogP contribution is 2.42. The number of hydrogen-bond donors (Lipinski definition) is 0. The van der Waals surface area contributed by atoms with Crippen molar-refractivity contribution in [1.29, 1.82) is 0 Å². The van der Waals surface area contributed by atoms with Crippen molar-refractivity contribution in [2.24, 2.45) is 0 Å². The molecular formula is C57H35N3O. The zero-order valence-corrected chi connectivity index (χ0v) is 33.0. The van der Waals surface area contributed by atoms with E-state index < -0.39 is 0 Å². The van der Waals surface area contributed by atoms with Gasteiger partial charge in [0.2, 0.25) is 0 Å². The molecule has 0 unspecified atom stereocenters. The lowest BCUT2D eigenvalue weighted by Crippen LogP contribution is -2.19. The first-order chi connectivity index (χ1) is 30.2. The zero-order chi connectivity index (χ0) is 40.2. The molecule has 0 saturated carbocycles. The summed E-state index contributed by atoms with van der Waals surface area (Å²) in [6, 6.07) is 75.3. The standard InChI is InChI=1S/C57H35N3O/c61-57-48-25-12-11-24-47(48)55-56(60(57)39-17-5-2-6-18-39)51-34-37(28-32-54(51)59(55)38-15-3-1-4-16-38)36-27-31-53-50(33-36)46-23-13-14-26-52(46)58(53)40-29-30-45-43-21-8-7-19-41(43)42-20-9-10-22-44(42)49(45)35-40/h1-35H. The normalized spacial score (nSPS) is 12.0. The van der Waals surface area contributed by atoms with Gasteiger partial charge in [0.1, 0.15) is 0 Å². The number of benzene rings is 10. The van der Waals surface area contributed by atoms with Gasteiger partial charge in [-0.1, -0.05) is 140 Å². The van der Waals surface area contributed by atoms with Crippen molar-refractivity contribution in [3.05, 3.63) is 223 Å². The van der Waals surface area contributed by atoms with E-state index in [9.17, 15) is 4.79 Å². The summed E-state index contributed by atoms with van der Waals surface area (Å²) >= 11 is 0. The minimum Gasteiger partial charge on any atom is -0.309 e. The predicted molar refractivity (Wildman–Crippen MR) is 256 cm³/mol. The zero-order valence-electron chi connectivity index (χ0n) is 33.0. The second-order valence-electron chi connectivity index (χ2n) is 16.0. The van der Waals surface area contributed by atoms with Crippen LogP contribution in [0.5, 0.6) is 0 Å². The van der Waals surface area contributed by atoms with E-state index >= 15 is 0 Å². The topological polar surface area (TPSA) is 31.9 Å². The molecule has 0 fully saturated rings. The Bertz CT molecular complexity index is 3970. The van der Waals surface area contributed by atoms with Crippen molar-refractivity contribution in [1.82, 2.24) is 13.7 Å². The van der Waals surface area contributed by atoms with E-state index in [0.717, 1.165) is 61.0 Å². The van der Waals surface area contributed by atoms with Crippen LogP contribution in [0.25, 0.3) is 115 Å². The molecule has 0 aliphatic heterocycles. The van der Waals surface area contributed by atoms with Crippen molar-refractivity contribution in [3.8, 4) is 28.2 Å². The highest BCUT2D eigenvalue weighted by molar-refractivity contribution is 6.26. The van der Waals surface area contributed by atoms with Crippen molar-refractivity contribution in [2.75, 3.05) is 0 Å². The van der Waals surface area contributed by atoms with Gasteiger partial charge in [0, 0.05) is 44.0 Å². The third kappa shape index (κ3) is 4.84. The van der Waals surface area contributed by atoms with E-state index in [1.165, 1.54) is 48.6 Å². The molecule has 61 heavy (non-hydrogen) atoms. The van der Waals surface area contributed by atoms with E-state index in [2.05, 4.69) is 167 Å². The largest absolute Gasteiger partial charge is 0.309 e. The van der Waals surface area contributed by atoms with Crippen LogP contribution < -0.4 is 5.56 Å². The van der Waals surface area contributed by atoms with Crippen LogP contribution in [0.1, 0.15) is 0 Å². The van der Waals surface area contributed by atoms with Crippen LogP contribution in [0.4, 0.5) is 0 Å². The van der Waals surface area contributed by atoms with Crippen molar-refractivity contribution in [3.63, 3.8) is 0 Å². The Morgan fingerprint density at radius 2 is 0.689 bits per heavy atom. The predicted octanol–water partition coefficient (Wildman–Crippen LogP) is 14.3. The van der Waals surface area contributed by atoms with Gasteiger partial charge in [-0.05, 0) is 116 Å². The first kappa shape index (κ1) is 33.7. The lowest BCUT2D eigenvalue weighted by molar-refractivity contribution is 1.06. The van der Waals surface area contributed by atoms with Gasteiger partial charge in [-0.3, -0.25) is 9.36 Å². The highest BCUT2D eigenvalue weighted by atomic mass is 16.1. The van der Waals surface area contributed by atoms with E-state index in [-0.39, 0.29) is 5.56 Å². The Kier molecular flexibility index (Phi) is 7.13. The van der Waals surface area contributed by atoms with Crippen molar-refractivity contribution in [2.45, 2.75) is 0 Å². The van der Waals surface area contributed by atoms with Gasteiger partial charge in [0.15, 0.2) is 0 Å². The number of fused-ring (bicyclic) bond motifs is 14. The molecule has 0 radical (unpaired) electrons. The van der Waals surface area contributed by atoms with E-state index in [0.29, 0.717) is 5.39 Å². The molecule has 10 aromatic carbocycles.